The zero-order chi connectivity index (χ0) is 25.3. The molecule has 4 aromatic rings. The average Bonchev–Trinajstić information content (AvgIpc) is 3.29. The number of nitrogens with one attached hydrogen (secondary N) is 2. The van der Waals surface area contributed by atoms with Crippen LogP contribution >= 0.6 is 11.8 Å². The smallest absolute Gasteiger partial charge is 0.262 e. The van der Waals surface area contributed by atoms with Gasteiger partial charge >= 0.3 is 0 Å². The van der Waals surface area contributed by atoms with Crippen LogP contribution in [0.5, 0.6) is 11.5 Å². The van der Waals surface area contributed by atoms with Gasteiger partial charge in [-0.25, -0.2) is 13.4 Å². The molecule has 1 aliphatic rings. The zero-order valence-corrected chi connectivity index (χ0v) is 20.4. The van der Waals surface area contributed by atoms with Crippen molar-refractivity contribution >= 4 is 56.0 Å². The van der Waals surface area contributed by atoms with Crippen LogP contribution in [0.15, 0.2) is 75.2 Å². The molecule has 12 heteroatoms. The number of methoxy groups -OCH3 is 1. The maximum atomic E-state index is 12.9. The Morgan fingerprint density at radius 3 is 2.83 bits per heavy atom. The number of carbonyl (C=O) groups excluding carboxylic acids is 2. The minimum atomic E-state index is -3.91. The number of nitrogens with zero attached hydrogens (tertiary/aromatic N) is 1. The lowest BCUT2D eigenvalue weighted by Gasteiger charge is -2.18. The Hall–Kier alpha value is -4.03. The summed E-state index contributed by atoms with van der Waals surface area (Å²) in [5.41, 5.74) is 1.87. The van der Waals surface area contributed by atoms with Gasteiger partial charge in [-0.1, -0.05) is 23.9 Å². The van der Waals surface area contributed by atoms with Gasteiger partial charge in [0.1, 0.15) is 17.0 Å². The summed E-state index contributed by atoms with van der Waals surface area (Å²) in [6.45, 7) is -0.0621. The molecule has 0 atom stereocenters. The quantitative estimate of drug-likeness (QED) is 0.259. The Balaban J connectivity index is 1.30. The molecule has 0 radical (unpaired) electrons. The first kappa shape index (κ1) is 23.7. The summed E-state index contributed by atoms with van der Waals surface area (Å²) in [5, 5.41) is 2.89. The first-order chi connectivity index (χ1) is 17.3. The van der Waals surface area contributed by atoms with Gasteiger partial charge in [-0.2, -0.15) is 0 Å². The fraction of sp³-hybridized carbons (Fsp3) is 0.125. The second kappa shape index (κ2) is 9.55. The van der Waals surface area contributed by atoms with E-state index in [1.54, 1.807) is 42.5 Å². The number of hydrogen-bond donors (Lipinski definition) is 2. The molecule has 1 amide bonds. The number of anilines is 2. The number of sulfonamides is 1. The van der Waals surface area contributed by atoms with Crippen LogP contribution in [-0.2, 0) is 14.8 Å². The van der Waals surface area contributed by atoms with E-state index in [9.17, 15) is 18.0 Å². The van der Waals surface area contributed by atoms with Gasteiger partial charge in [0.15, 0.2) is 18.0 Å². The Labute approximate surface area is 210 Å². The van der Waals surface area contributed by atoms with Gasteiger partial charge in [0.05, 0.1) is 29.1 Å². The lowest BCUT2D eigenvalue weighted by Crippen LogP contribution is -2.25. The SMILES string of the molecule is COc1ccccc1NS(=O)(=O)c1ccc2oc(SCC(=O)c3ccc4c(c3)NC(=O)CO4)nc2c1. The maximum Gasteiger partial charge on any atom is 0.262 e. The molecule has 36 heavy (non-hydrogen) atoms. The highest BCUT2D eigenvalue weighted by molar-refractivity contribution is 7.99. The third kappa shape index (κ3) is 4.86. The van der Waals surface area contributed by atoms with Gasteiger partial charge in [-0.15, -0.1) is 0 Å². The summed E-state index contributed by atoms with van der Waals surface area (Å²) in [7, 11) is -2.46. The number of hydrogen-bond acceptors (Lipinski definition) is 9. The minimum absolute atomic E-state index is 0.000146. The molecule has 0 saturated heterocycles. The van der Waals surface area contributed by atoms with Crippen molar-refractivity contribution in [1.82, 2.24) is 4.98 Å². The molecular weight excluding hydrogens is 506 g/mol. The molecule has 0 fully saturated rings. The van der Waals surface area contributed by atoms with Gasteiger partial charge in [-0.3, -0.25) is 14.3 Å². The molecule has 2 N–H and O–H groups in total. The third-order valence-corrected chi connectivity index (χ3v) is 7.45. The van der Waals surface area contributed by atoms with E-state index in [0.717, 1.165) is 11.8 Å². The molecule has 3 aromatic carbocycles. The molecule has 1 aromatic heterocycles. The van der Waals surface area contributed by atoms with Crippen LogP contribution in [0.2, 0.25) is 0 Å². The van der Waals surface area contributed by atoms with E-state index in [0.29, 0.717) is 39.5 Å². The van der Waals surface area contributed by atoms with Crippen molar-refractivity contribution in [2.75, 3.05) is 29.5 Å². The number of oxazole rings is 1. The fourth-order valence-electron chi connectivity index (χ4n) is 3.51. The monoisotopic (exact) mass is 525 g/mol. The number of amides is 1. The summed E-state index contributed by atoms with van der Waals surface area (Å²) in [5.74, 6) is 0.437. The van der Waals surface area contributed by atoms with Crippen LogP contribution in [0.1, 0.15) is 10.4 Å². The third-order valence-electron chi connectivity index (χ3n) is 5.26. The van der Waals surface area contributed by atoms with E-state index in [1.165, 1.54) is 25.3 Å². The number of ether oxygens (including phenoxy) is 2. The number of rotatable bonds is 8. The maximum absolute atomic E-state index is 12.9. The molecule has 10 nitrogen and oxygen atoms in total. The van der Waals surface area contributed by atoms with Crippen LogP contribution in [0.3, 0.4) is 0 Å². The van der Waals surface area contributed by atoms with Crippen LogP contribution < -0.4 is 19.5 Å². The highest BCUT2D eigenvalue weighted by atomic mass is 32.2. The second-order valence-corrected chi connectivity index (χ2v) is 10.3. The Morgan fingerprint density at radius 1 is 1.17 bits per heavy atom. The van der Waals surface area contributed by atoms with Crippen LogP contribution in [0.4, 0.5) is 11.4 Å². The minimum Gasteiger partial charge on any atom is -0.495 e. The van der Waals surface area contributed by atoms with Crippen molar-refractivity contribution in [3.63, 3.8) is 0 Å². The van der Waals surface area contributed by atoms with Crippen molar-refractivity contribution < 1.29 is 31.9 Å². The topological polar surface area (TPSA) is 137 Å². The summed E-state index contributed by atoms with van der Waals surface area (Å²) in [4.78, 5) is 28.5. The molecule has 0 aliphatic carbocycles. The number of para-hydroxylation sites is 2. The first-order valence-corrected chi connectivity index (χ1v) is 13.1. The summed E-state index contributed by atoms with van der Waals surface area (Å²) in [6.07, 6.45) is 0. The van der Waals surface area contributed by atoms with E-state index in [2.05, 4.69) is 15.0 Å². The number of fused-ring (bicyclic) bond motifs is 2. The van der Waals surface area contributed by atoms with Gasteiger partial charge in [0.2, 0.25) is 0 Å². The van der Waals surface area contributed by atoms with Crippen molar-refractivity contribution in [3.8, 4) is 11.5 Å². The van der Waals surface area contributed by atoms with Gasteiger partial charge in [-0.05, 0) is 48.5 Å². The molecule has 1 aliphatic heterocycles. The van der Waals surface area contributed by atoms with E-state index in [1.807, 2.05) is 0 Å². The number of benzene rings is 3. The molecule has 184 valence electrons. The summed E-state index contributed by atoms with van der Waals surface area (Å²) in [6, 6.07) is 15.8. The lowest BCUT2D eigenvalue weighted by atomic mass is 10.1. The number of thioether (sulfide) groups is 1. The molecular formula is C24H19N3O7S2. The molecule has 0 saturated carbocycles. The van der Waals surface area contributed by atoms with Crippen molar-refractivity contribution in [2.24, 2.45) is 0 Å². The van der Waals surface area contributed by atoms with Gasteiger partial charge < -0.3 is 19.2 Å². The van der Waals surface area contributed by atoms with Gasteiger partial charge in [0, 0.05) is 5.56 Å². The predicted molar refractivity (Wildman–Crippen MR) is 133 cm³/mol. The largest absolute Gasteiger partial charge is 0.495 e. The van der Waals surface area contributed by atoms with Crippen LogP contribution in [0, 0.1) is 0 Å². The standard InChI is InChI=1S/C24H19N3O7S2/c1-32-20-5-3-2-4-16(20)27-36(30,31)15-7-9-22-18(11-15)26-24(34-22)35-13-19(28)14-6-8-21-17(10-14)25-23(29)12-33-21/h2-11,27H,12-13H2,1H3,(H,25,29). The first-order valence-electron chi connectivity index (χ1n) is 10.6. The lowest BCUT2D eigenvalue weighted by molar-refractivity contribution is -0.118. The molecule has 5 rings (SSSR count). The number of carbonyl (C=O) groups is 2. The number of ketones is 1. The predicted octanol–water partition coefficient (Wildman–Crippen LogP) is 3.94. The van der Waals surface area contributed by atoms with Crippen LogP contribution in [-0.4, -0.2) is 44.6 Å². The van der Waals surface area contributed by atoms with E-state index in [-0.39, 0.29) is 34.2 Å². The van der Waals surface area contributed by atoms with Crippen LogP contribution in [0.25, 0.3) is 11.1 Å². The Morgan fingerprint density at radius 2 is 2.00 bits per heavy atom. The molecule has 0 spiro atoms. The summed E-state index contributed by atoms with van der Waals surface area (Å²) >= 11 is 1.08. The van der Waals surface area contributed by atoms with Gasteiger partial charge in [0.25, 0.3) is 21.2 Å². The molecule has 0 unspecified atom stereocenters. The zero-order valence-electron chi connectivity index (χ0n) is 18.8. The summed E-state index contributed by atoms with van der Waals surface area (Å²) < 4.78 is 44.5. The average molecular weight is 526 g/mol. The van der Waals surface area contributed by atoms with Crippen molar-refractivity contribution in [3.05, 3.63) is 66.2 Å². The second-order valence-electron chi connectivity index (χ2n) is 7.67. The molecule has 0 bridgehead atoms. The van der Waals surface area contributed by atoms with Crippen molar-refractivity contribution in [2.45, 2.75) is 10.1 Å². The Kier molecular flexibility index (Phi) is 6.29. The van der Waals surface area contributed by atoms with E-state index >= 15 is 0 Å². The Bertz CT molecular complexity index is 1600. The van der Waals surface area contributed by atoms with E-state index in [4.69, 9.17) is 13.9 Å². The van der Waals surface area contributed by atoms with Crippen molar-refractivity contribution in [1.29, 1.82) is 0 Å². The van der Waals surface area contributed by atoms with E-state index < -0.39 is 10.0 Å². The number of aromatic nitrogens is 1. The highest BCUT2D eigenvalue weighted by Crippen LogP contribution is 2.31. The normalized spacial score (nSPS) is 13.0. The molecule has 2 heterocycles. The highest BCUT2D eigenvalue weighted by Gasteiger charge is 2.20. The number of Topliss-reactive ketones (excluding diaryl/α,β-unsaturated/α-hetero) is 1. The fourth-order valence-corrected chi connectivity index (χ4v) is 5.34.